The molecule has 0 aliphatic rings. The Kier molecular flexibility index (Phi) is 6.68. The van der Waals surface area contributed by atoms with Crippen molar-refractivity contribution in [2.45, 2.75) is 6.42 Å². The monoisotopic (exact) mass is 390 g/mol. The van der Waals surface area contributed by atoms with Crippen LogP contribution in [0.3, 0.4) is 0 Å². The van der Waals surface area contributed by atoms with Crippen molar-refractivity contribution in [1.82, 2.24) is 4.98 Å². The highest BCUT2D eigenvalue weighted by Crippen LogP contribution is 2.17. The van der Waals surface area contributed by atoms with Gasteiger partial charge in [0.1, 0.15) is 11.6 Å². The zero-order chi connectivity index (χ0) is 20.6. The number of nitrogens with zero attached hydrogens (tertiary/aromatic N) is 2. The first kappa shape index (κ1) is 20.2. The van der Waals surface area contributed by atoms with Crippen LogP contribution in [0, 0.1) is 0 Å². The van der Waals surface area contributed by atoms with Crippen LogP contribution in [-0.2, 0) is 6.42 Å². The summed E-state index contributed by atoms with van der Waals surface area (Å²) in [6.45, 7) is 0.719. The molecule has 1 aromatic heterocycles. The van der Waals surface area contributed by atoms with Crippen molar-refractivity contribution in [2.75, 3.05) is 43.3 Å². The third-order valence-corrected chi connectivity index (χ3v) is 4.54. The van der Waals surface area contributed by atoms with E-state index >= 15 is 0 Å². The summed E-state index contributed by atoms with van der Waals surface area (Å²) >= 11 is 0. The van der Waals surface area contributed by atoms with E-state index in [0.29, 0.717) is 11.4 Å². The molecule has 0 aliphatic carbocycles. The lowest BCUT2D eigenvalue weighted by Crippen LogP contribution is -2.14. The molecule has 0 atom stereocenters. The van der Waals surface area contributed by atoms with E-state index < -0.39 is 0 Å². The molecule has 150 valence electrons. The molecule has 6 nitrogen and oxygen atoms in total. The fourth-order valence-corrected chi connectivity index (χ4v) is 2.84. The molecule has 0 spiro atoms. The van der Waals surface area contributed by atoms with Gasteiger partial charge in [-0.3, -0.25) is 4.79 Å². The normalized spacial score (nSPS) is 10.3. The van der Waals surface area contributed by atoms with Gasteiger partial charge in [0.05, 0.1) is 7.11 Å². The summed E-state index contributed by atoms with van der Waals surface area (Å²) in [4.78, 5) is 18.9. The Morgan fingerprint density at radius 3 is 2.41 bits per heavy atom. The fraction of sp³-hybridized carbons (Fsp3) is 0.217. The van der Waals surface area contributed by atoms with Gasteiger partial charge >= 0.3 is 0 Å². The summed E-state index contributed by atoms with van der Waals surface area (Å²) in [5.41, 5.74) is 3.60. The minimum Gasteiger partial charge on any atom is -0.497 e. The van der Waals surface area contributed by atoms with Crippen molar-refractivity contribution < 1.29 is 9.53 Å². The van der Waals surface area contributed by atoms with Gasteiger partial charge < -0.3 is 20.3 Å². The number of aromatic nitrogens is 1. The molecular formula is C23H26N4O2. The molecule has 0 saturated heterocycles. The van der Waals surface area contributed by atoms with Crippen LogP contribution in [0.5, 0.6) is 5.75 Å². The molecule has 1 amide bonds. The number of hydrogen-bond acceptors (Lipinski definition) is 5. The Balaban J connectivity index is 1.55. The SMILES string of the molecule is COc1ccc(CCNc2cc(C(=O)Nc3ccc(N(C)C)cc3)ccn2)cc1. The number of hydrogen-bond donors (Lipinski definition) is 2. The topological polar surface area (TPSA) is 66.5 Å². The first-order valence-electron chi connectivity index (χ1n) is 9.47. The fourth-order valence-electron chi connectivity index (χ4n) is 2.84. The average molecular weight is 390 g/mol. The van der Waals surface area contributed by atoms with Crippen LogP contribution in [0.2, 0.25) is 0 Å². The van der Waals surface area contributed by atoms with Gasteiger partial charge in [-0.1, -0.05) is 12.1 Å². The second-order valence-electron chi connectivity index (χ2n) is 6.85. The van der Waals surface area contributed by atoms with Crippen molar-refractivity contribution >= 4 is 23.1 Å². The predicted octanol–water partition coefficient (Wildman–Crippen LogP) is 4.06. The summed E-state index contributed by atoms with van der Waals surface area (Å²) in [5, 5.41) is 6.19. The van der Waals surface area contributed by atoms with Crippen molar-refractivity contribution in [3.63, 3.8) is 0 Å². The summed E-state index contributed by atoms with van der Waals surface area (Å²) in [6.07, 6.45) is 2.49. The van der Waals surface area contributed by atoms with Crippen LogP contribution >= 0.6 is 0 Å². The highest BCUT2D eigenvalue weighted by molar-refractivity contribution is 6.04. The molecule has 0 aliphatic heterocycles. The summed E-state index contributed by atoms with van der Waals surface area (Å²) in [6, 6.07) is 19.2. The maximum Gasteiger partial charge on any atom is 0.255 e. The second-order valence-corrected chi connectivity index (χ2v) is 6.85. The van der Waals surface area contributed by atoms with Gasteiger partial charge in [-0.25, -0.2) is 4.98 Å². The lowest BCUT2D eigenvalue weighted by molar-refractivity contribution is 0.102. The molecule has 6 heteroatoms. The van der Waals surface area contributed by atoms with Crippen molar-refractivity contribution in [2.24, 2.45) is 0 Å². The Bertz CT molecular complexity index is 938. The highest BCUT2D eigenvalue weighted by Gasteiger charge is 2.08. The number of carbonyl (C=O) groups excluding carboxylic acids is 1. The third kappa shape index (κ3) is 5.72. The number of pyridine rings is 1. The Morgan fingerprint density at radius 1 is 1.03 bits per heavy atom. The number of rotatable bonds is 8. The van der Waals surface area contributed by atoms with Crippen LogP contribution in [0.4, 0.5) is 17.2 Å². The average Bonchev–Trinajstić information content (AvgIpc) is 2.75. The van der Waals surface area contributed by atoms with E-state index in [1.807, 2.05) is 67.5 Å². The van der Waals surface area contributed by atoms with E-state index in [9.17, 15) is 4.79 Å². The van der Waals surface area contributed by atoms with Gasteiger partial charge in [0.2, 0.25) is 0 Å². The van der Waals surface area contributed by atoms with Crippen LogP contribution in [0.15, 0.2) is 66.9 Å². The molecule has 0 bridgehead atoms. The Labute approximate surface area is 171 Å². The molecule has 1 heterocycles. The summed E-state index contributed by atoms with van der Waals surface area (Å²) in [5.74, 6) is 1.36. The van der Waals surface area contributed by atoms with Gasteiger partial charge in [0.25, 0.3) is 5.91 Å². The standard InChI is InChI=1S/C23H26N4O2/c1-27(2)20-8-6-19(7-9-20)26-23(28)18-13-15-25-22(16-18)24-14-12-17-4-10-21(29-3)11-5-17/h4-11,13,15-16H,12,14H2,1-3H3,(H,24,25)(H,26,28). The Hall–Kier alpha value is -3.54. The van der Waals surface area contributed by atoms with Crippen molar-refractivity contribution in [3.05, 3.63) is 78.0 Å². The van der Waals surface area contributed by atoms with E-state index in [1.165, 1.54) is 5.56 Å². The number of anilines is 3. The largest absolute Gasteiger partial charge is 0.497 e. The second kappa shape index (κ2) is 9.59. The van der Waals surface area contributed by atoms with E-state index in [0.717, 1.165) is 30.1 Å². The number of methoxy groups -OCH3 is 1. The maximum atomic E-state index is 12.6. The summed E-state index contributed by atoms with van der Waals surface area (Å²) < 4.78 is 5.17. The Morgan fingerprint density at radius 2 is 1.76 bits per heavy atom. The minimum absolute atomic E-state index is 0.164. The van der Waals surface area contributed by atoms with Crippen LogP contribution in [-0.4, -0.2) is 38.6 Å². The molecular weight excluding hydrogens is 364 g/mol. The smallest absolute Gasteiger partial charge is 0.255 e. The number of carbonyl (C=O) groups is 1. The maximum absolute atomic E-state index is 12.6. The van der Waals surface area contributed by atoms with Crippen LogP contribution < -0.4 is 20.3 Å². The van der Waals surface area contributed by atoms with Gasteiger partial charge in [-0.15, -0.1) is 0 Å². The first-order chi connectivity index (χ1) is 14.0. The molecule has 29 heavy (non-hydrogen) atoms. The van der Waals surface area contributed by atoms with Gasteiger partial charge in [-0.05, 0) is 60.5 Å². The van der Waals surface area contributed by atoms with E-state index in [4.69, 9.17) is 4.74 Å². The molecule has 0 saturated carbocycles. The van der Waals surface area contributed by atoms with E-state index in [2.05, 4.69) is 15.6 Å². The minimum atomic E-state index is -0.164. The number of nitrogens with one attached hydrogen (secondary N) is 2. The first-order valence-corrected chi connectivity index (χ1v) is 9.47. The quantitative estimate of drug-likeness (QED) is 0.607. The highest BCUT2D eigenvalue weighted by atomic mass is 16.5. The van der Waals surface area contributed by atoms with Crippen molar-refractivity contribution in [1.29, 1.82) is 0 Å². The molecule has 0 unspecified atom stereocenters. The molecule has 3 rings (SSSR count). The molecule has 2 aromatic carbocycles. The van der Waals surface area contributed by atoms with Gasteiger partial charge in [0.15, 0.2) is 0 Å². The van der Waals surface area contributed by atoms with Crippen LogP contribution in [0.1, 0.15) is 15.9 Å². The van der Waals surface area contributed by atoms with Crippen LogP contribution in [0.25, 0.3) is 0 Å². The number of ether oxygens (including phenoxy) is 1. The molecule has 0 fully saturated rings. The lowest BCUT2D eigenvalue weighted by Gasteiger charge is -2.13. The van der Waals surface area contributed by atoms with Gasteiger partial charge in [0, 0.05) is 43.8 Å². The number of amides is 1. The zero-order valence-corrected chi connectivity index (χ0v) is 17.0. The molecule has 0 radical (unpaired) electrons. The predicted molar refractivity (Wildman–Crippen MR) is 118 cm³/mol. The third-order valence-electron chi connectivity index (χ3n) is 4.54. The van der Waals surface area contributed by atoms with E-state index in [-0.39, 0.29) is 5.91 Å². The number of benzene rings is 2. The van der Waals surface area contributed by atoms with Crippen molar-refractivity contribution in [3.8, 4) is 5.75 Å². The summed E-state index contributed by atoms with van der Waals surface area (Å²) in [7, 11) is 5.62. The zero-order valence-electron chi connectivity index (χ0n) is 17.0. The molecule has 3 aromatic rings. The lowest BCUT2D eigenvalue weighted by atomic mass is 10.1. The van der Waals surface area contributed by atoms with Gasteiger partial charge in [-0.2, -0.15) is 0 Å². The van der Waals surface area contributed by atoms with E-state index in [1.54, 1.807) is 25.4 Å². The molecule has 2 N–H and O–H groups in total.